The Labute approximate surface area is 219 Å². The molecule has 2 aromatic heterocycles. The van der Waals surface area contributed by atoms with E-state index < -0.39 is 0 Å². The van der Waals surface area contributed by atoms with Crippen molar-refractivity contribution >= 4 is 40.5 Å². The molecular formula is C25H27ClN10O. The van der Waals surface area contributed by atoms with E-state index in [2.05, 4.69) is 54.6 Å². The van der Waals surface area contributed by atoms with Gasteiger partial charge in [0.15, 0.2) is 5.65 Å². The summed E-state index contributed by atoms with van der Waals surface area (Å²) in [6, 6.07) is 8.93. The summed E-state index contributed by atoms with van der Waals surface area (Å²) in [5, 5.41) is 30.6. The number of anilines is 4. The average molecular weight is 519 g/mol. The Balaban J connectivity index is 1.32. The van der Waals surface area contributed by atoms with Crippen LogP contribution in [0.2, 0.25) is 5.02 Å². The maximum Gasteiger partial charge on any atom is 0.232 e. The molecule has 2 atom stereocenters. The smallest absolute Gasteiger partial charge is 0.232 e. The van der Waals surface area contributed by atoms with Crippen LogP contribution in [0.25, 0.3) is 5.65 Å². The fraction of sp³-hybridized carbons (Fsp3) is 0.480. The normalized spacial score (nSPS) is 22.1. The third-order valence-corrected chi connectivity index (χ3v) is 7.62. The average Bonchev–Trinajstić information content (AvgIpc) is 3.37. The van der Waals surface area contributed by atoms with Gasteiger partial charge >= 0.3 is 0 Å². The van der Waals surface area contributed by atoms with Gasteiger partial charge in [0.1, 0.15) is 11.6 Å². The number of rotatable bonds is 6. The van der Waals surface area contributed by atoms with Gasteiger partial charge in [-0.25, -0.2) is 0 Å². The number of benzene rings is 1. The van der Waals surface area contributed by atoms with Gasteiger partial charge < -0.3 is 20.3 Å². The first-order chi connectivity index (χ1) is 18.0. The molecule has 2 saturated heterocycles. The van der Waals surface area contributed by atoms with Crippen LogP contribution in [0.5, 0.6) is 0 Å². The maximum absolute atomic E-state index is 9.78. The van der Waals surface area contributed by atoms with E-state index in [9.17, 15) is 10.5 Å². The minimum absolute atomic E-state index is 0.209. The summed E-state index contributed by atoms with van der Waals surface area (Å²) < 4.78 is 7.13. The van der Waals surface area contributed by atoms with Crippen molar-refractivity contribution in [3.63, 3.8) is 0 Å². The lowest BCUT2D eigenvalue weighted by Gasteiger charge is -2.43. The van der Waals surface area contributed by atoms with Gasteiger partial charge in [0.05, 0.1) is 40.8 Å². The number of nitrogens with zero attached hydrogens (tertiary/aromatic N) is 8. The Morgan fingerprint density at radius 2 is 2.00 bits per heavy atom. The van der Waals surface area contributed by atoms with Crippen molar-refractivity contribution in [2.45, 2.75) is 44.3 Å². The molecule has 0 spiro atoms. The van der Waals surface area contributed by atoms with Crippen LogP contribution >= 0.6 is 11.6 Å². The third-order valence-electron chi connectivity index (χ3n) is 7.22. The zero-order valence-corrected chi connectivity index (χ0v) is 21.2. The number of piperazine rings is 1. The van der Waals surface area contributed by atoms with Crippen molar-refractivity contribution in [3.05, 3.63) is 34.5 Å². The van der Waals surface area contributed by atoms with Crippen molar-refractivity contribution in [1.82, 2.24) is 24.5 Å². The predicted molar refractivity (Wildman–Crippen MR) is 139 cm³/mol. The Kier molecular flexibility index (Phi) is 6.21. The summed E-state index contributed by atoms with van der Waals surface area (Å²) in [4.78, 5) is 13.9. The van der Waals surface area contributed by atoms with Crippen LogP contribution in [0, 0.1) is 22.7 Å². The fourth-order valence-electron chi connectivity index (χ4n) is 5.10. The van der Waals surface area contributed by atoms with Crippen molar-refractivity contribution in [2.24, 2.45) is 0 Å². The third kappa shape index (κ3) is 4.62. The van der Waals surface area contributed by atoms with E-state index in [0.717, 1.165) is 57.8 Å². The molecule has 37 heavy (non-hydrogen) atoms. The second-order valence-electron chi connectivity index (χ2n) is 9.84. The zero-order chi connectivity index (χ0) is 25.5. The van der Waals surface area contributed by atoms with E-state index in [1.165, 1.54) is 10.7 Å². The van der Waals surface area contributed by atoms with Crippen LogP contribution in [-0.2, 0) is 4.74 Å². The molecule has 12 heteroatoms. The lowest BCUT2D eigenvalue weighted by molar-refractivity contribution is 0.129. The molecule has 4 heterocycles. The minimum atomic E-state index is 0.209. The molecule has 3 fully saturated rings. The van der Waals surface area contributed by atoms with Gasteiger partial charge in [0, 0.05) is 44.4 Å². The number of fused-ring (bicyclic) bond motifs is 1. The van der Waals surface area contributed by atoms with Crippen LogP contribution in [0.3, 0.4) is 0 Å². The number of hydrogen-bond donors (Lipinski definition) is 2. The summed E-state index contributed by atoms with van der Waals surface area (Å²) in [5.41, 5.74) is 2.57. The van der Waals surface area contributed by atoms with Crippen LogP contribution in [0.1, 0.15) is 37.3 Å². The number of nitrogens with one attached hydrogen (secondary N) is 2. The highest BCUT2D eigenvalue weighted by atomic mass is 35.5. The second kappa shape index (κ2) is 9.67. The van der Waals surface area contributed by atoms with Crippen molar-refractivity contribution < 1.29 is 4.74 Å². The highest BCUT2D eigenvalue weighted by Crippen LogP contribution is 2.38. The van der Waals surface area contributed by atoms with Crippen molar-refractivity contribution in [1.29, 1.82) is 10.5 Å². The molecular weight excluding hydrogens is 492 g/mol. The number of ether oxygens (including phenoxy) is 1. The first-order valence-corrected chi connectivity index (χ1v) is 12.9. The maximum atomic E-state index is 9.78. The molecule has 2 aliphatic heterocycles. The molecule has 1 aliphatic carbocycles. The summed E-state index contributed by atoms with van der Waals surface area (Å²) >= 11 is 6.95. The van der Waals surface area contributed by atoms with E-state index in [1.54, 1.807) is 6.07 Å². The summed E-state index contributed by atoms with van der Waals surface area (Å²) in [5.74, 6) is 0.777. The first kappa shape index (κ1) is 23.7. The summed E-state index contributed by atoms with van der Waals surface area (Å²) in [6.45, 7) is 6.40. The van der Waals surface area contributed by atoms with Gasteiger partial charge in [-0.2, -0.15) is 30.1 Å². The topological polar surface area (TPSA) is 130 Å². The number of nitriles is 2. The number of hydrogen-bond acceptors (Lipinski definition) is 10. The summed E-state index contributed by atoms with van der Waals surface area (Å²) in [7, 11) is 0. The van der Waals surface area contributed by atoms with Gasteiger partial charge in [-0.05, 0) is 38.3 Å². The molecule has 190 valence electrons. The van der Waals surface area contributed by atoms with Gasteiger partial charge in [0.2, 0.25) is 11.9 Å². The molecule has 1 saturated carbocycles. The lowest BCUT2D eigenvalue weighted by Crippen LogP contribution is -2.55. The SMILES string of the molecule is C[C@H]1CN([C@H]2CCOC2)CCN1c1cc(C#N)cc(Nc2nc(NC3CC3)n3ncc(C#N)c3n2)c1Cl. The Hall–Kier alpha value is -3.64. The Morgan fingerprint density at radius 1 is 1.14 bits per heavy atom. The monoisotopic (exact) mass is 518 g/mol. The van der Waals surface area contributed by atoms with Gasteiger partial charge in [0.25, 0.3) is 0 Å². The number of aromatic nitrogens is 4. The molecule has 3 aliphatic rings. The van der Waals surface area contributed by atoms with E-state index in [-0.39, 0.29) is 12.0 Å². The van der Waals surface area contributed by atoms with Gasteiger partial charge in [-0.3, -0.25) is 4.90 Å². The molecule has 2 N–H and O–H groups in total. The highest BCUT2D eigenvalue weighted by Gasteiger charge is 2.32. The van der Waals surface area contributed by atoms with E-state index in [4.69, 9.17) is 16.3 Å². The predicted octanol–water partition coefficient (Wildman–Crippen LogP) is 3.14. The van der Waals surface area contributed by atoms with Crippen LogP contribution in [-0.4, -0.2) is 75.5 Å². The van der Waals surface area contributed by atoms with Crippen LogP contribution in [0.4, 0.5) is 23.3 Å². The first-order valence-electron chi connectivity index (χ1n) is 12.6. The quantitative estimate of drug-likeness (QED) is 0.501. The molecule has 0 bridgehead atoms. The van der Waals surface area contributed by atoms with Crippen LogP contribution < -0.4 is 15.5 Å². The molecule has 1 aromatic carbocycles. The summed E-state index contributed by atoms with van der Waals surface area (Å²) in [6.07, 6.45) is 4.66. The molecule has 11 nitrogen and oxygen atoms in total. The molecule has 3 aromatic rings. The van der Waals surface area contributed by atoms with Gasteiger partial charge in [-0.15, -0.1) is 0 Å². The molecule has 0 radical (unpaired) electrons. The zero-order valence-electron chi connectivity index (χ0n) is 20.5. The second-order valence-corrected chi connectivity index (χ2v) is 10.2. The minimum Gasteiger partial charge on any atom is -0.380 e. The van der Waals surface area contributed by atoms with E-state index in [1.807, 2.05) is 6.07 Å². The molecule has 0 amide bonds. The van der Waals surface area contributed by atoms with Crippen LogP contribution in [0.15, 0.2) is 18.3 Å². The fourth-order valence-corrected chi connectivity index (χ4v) is 5.36. The van der Waals surface area contributed by atoms with E-state index >= 15 is 0 Å². The largest absolute Gasteiger partial charge is 0.380 e. The van der Waals surface area contributed by atoms with Crippen molar-refractivity contribution in [2.75, 3.05) is 48.4 Å². The van der Waals surface area contributed by atoms with Gasteiger partial charge in [-0.1, -0.05) is 11.6 Å². The van der Waals surface area contributed by atoms with E-state index in [0.29, 0.717) is 45.5 Å². The standard InChI is InChI=1S/C25H27ClN10O/c1-15-13-34(19-4-7-37-14-19)5-6-35(15)21-9-16(10-27)8-20(22(21)26)31-24-32-23-17(11-28)12-29-36(23)25(33-24)30-18-2-3-18/h8-9,12,15,18-19H,2-7,13-14H2,1H3,(H2,30,31,32,33)/t15-,19-/m0/s1. The molecule has 0 unspecified atom stereocenters. The highest BCUT2D eigenvalue weighted by molar-refractivity contribution is 6.36. The Bertz CT molecular complexity index is 1420. The lowest BCUT2D eigenvalue weighted by atomic mass is 10.1. The molecule has 6 rings (SSSR count). The number of halogens is 1. The van der Waals surface area contributed by atoms with Crippen molar-refractivity contribution in [3.8, 4) is 12.1 Å². The Morgan fingerprint density at radius 3 is 2.70 bits per heavy atom.